The number of nitrogens with one attached hydrogen (secondary N) is 2. The van der Waals surface area contributed by atoms with Gasteiger partial charge in [0.2, 0.25) is 11.7 Å². The van der Waals surface area contributed by atoms with Crippen molar-refractivity contribution < 1.29 is 19.0 Å². The Balaban J connectivity index is 1.72. The fraction of sp³-hybridized carbons (Fsp3) is 0.261. The van der Waals surface area contributed by atoms with E-state index in [1.165, 1.54) is 33.1 Å². The van der Waals surface area contributed by atoms with Crippen LogP contribution in [-0.2, 0) is 17.0 Å². The quantitative estimate of drug-likeness (QED) is 0.376. The Labute approximate surface area is 190 Å². The number of anilines is 1. The van der Waals surface area contributed by atoms with Gasteiger partial charge < -0.3 is 24.5 Å². The van der Waals surface area contributed by atoms with Crippen LogP contribution in [0.2, 0.25) is 0 Å². The van der Waals surface area contributed by atoms with Crippen molar-refractivity contribution in [2.75, 3.05) is 26.6 Å². The molecule has 0 unspecified atom stereocenters. The lowest BCUT2D eigenvalue weighted by Gasteiger charge is -2.14. The lowest BCUT2D eigenvalue weighted by molar-refractivity contribution is -0.115. The topological polar surface area (TPSA) is 103 Å². The van der Waals surface area contributed by atoms with Crippen LogP contribution >= 0.6 is 11.8 Å². The molecule has 168 valence electrons. The Hall–Kier alpha value is -3.46. The average Bonchev–Trinajstić information content (AvgIpc) is 2.80. The molecule has 0 atom stereocenters. The molecule has 3 rings (SSSR count). The summed E-state index contributed by atoms with van der Waals surface area (Å²) >= 11 is 1.44. The van der Waals surface area contributed by atoms with E-state index < -0.39 is 0 Å². The molecule has 8 nitrogen and oxygen atoms in total. The molecule has 1 aromatic heterocycles. The van der Waals surface area contributed by atoms with Crippen molar-refractivity contribution >= 4 is 23.4 Å². The second kappa shape index (κ2) is 10.7. The molecule has 0 fully saturated rings. The minimum atomic E-state index is -0.362. The predicted molar refractivity (Wildman–Crippen MR) is 124 cm³/mol. The number of aromatic amines is 1. The molecule has 2 aromatic carbocycles. The second-order valence-electron chi connectivity index (χ2n) is 6.85. The summed E-state index contributed by atoms with van der Waals surface area (Å²) in [6, 6.07) is 13.2. The number of ether oxygens (including phenoxy) is 3. The van der Waals surface area contributed by atoms with Crippen molar-refractivity contribution in [3.8, 4) is 17.2 Å². The summed E-state index contributed by atoms with van der Waals surface area (Å²) in [6.07, 6.45) is -0.117. The molecule has 1 amide bonds. The predicted octanol–water partition coefficient (Wildman–Crippen LogP) is 3.58. The number of H-pyrrole nitrogens is 1. The number of aryl methyl sites for hydroxylation is 1. The van der Waals surface area contributed by atoms with Crippen molar-refractivity contribution in [1.82, 2.24) is 9.97 Å². The normalized spacial score (nSPS) is 10.5. The van der Waals surface area contributed by atoms with E-state index in [4.69, 9.17) is 14.2 Å². The highest BCUT2D eigenvalue weighted by Crippen LogP contribution is 2.39. The highest BCUT2D eigenvalue weighted by atomic mass is 32.2. The second-order valence-corrected chi connectivity index (χ2v) is 7.81. The largest absolute Gasteiger partial charge is 0.493 e. The minimum absolute atomic E-state index is 0.117. The van der Waals surface area contributed by atoms with Crippen LogP contribution in [-0.4, -0.2) is 37.2 Å². The zero-order chi connectivity index (χ0) is 23.1. The molecular formula is C23H25N3O5S. The number of carbonyl (C=O) groups is 1. The maximum Gasteiger partial charge on any atom is 0.255 e. The van der Waals surface area contributed by atoms with E-state index in [2.05, 4.69) is 15.3 Å². The van der Waals surface area contributed by atoms with Crippen LogP contribution in [0.4, 0.5) is 5.69 Å². The number of rotatable bonds is 9. The molecule has 9 heteroatoms. The molecular weight excluding hydrogens is 430 g/mol. The molecule has 0 aliphatic carbocycles. The Morgan fingerprint density at radius 3 is 2.28 bits per heavy atom. The summed E-state index contributed by atoms with van der Waals surface area (Å²) in [4.78, 5) is 32.4. The van der Waals surface area contributed by atoms with E-state index in [9.17, 15) is 9.59 Å². The van der Waals surface area contributed by atoms with Gasteiger partial charge in [0.1, 0.15) is 0 Å². The van der Waals surface area contributed by atoms with Crippen LogP contribution in [0, 0.1) is 6.92 Å². The van der Waals surface area contributed by atoms with Gasteiger partial charge >= 0.3 is 0 Å². The zero-order valence-corrected chi connectivity index (χ0v) is 19.2. The maximum absolute atomic E-state index is 12.6. The van der Waals surface area contributed by atoms with Crippen molar-refractivity contribution in [3.05, 3.63) is 69.6 Å². The highest BCUT2D eigenvalue weighted by Gasteiger charge is 2.17. The standard InChI is InChI=1S/C23H25N3O5S/c1-14-17(22(28)26-23(24-14)32-13-15-8-6-5-7-9-15)12-20(27)25-16-10-18(29-2)21(31-4)19(11-16)30-3/h5-11H,12-13H2,1-4H3,(H,25,27)(H,24,26,28). The molecule has 0 saturated heterocycles. The first-order chi connectivity index (χ1) is 15.4. The van der Waals surface area contributed by atoms with Crippen molar-refractivity contribution in [1.29, 1.82) is 0 Å². The fourth-order valence-electron chi connectivity index (χ4n) is 3.11. The van der Waals surface area contributed by atoms with Crippen LogP contribution in [0.25, 0.3) is 0 Å². The first kappa shape index (κ1) is 23.2. The number of benzene rings is 2. The fourth-order valence-corrected chi connectivity index (χ4v) is 3.97. The van der Waals surface area contributed by atoms with E-state index in [0.717, 1.165) is 5.56 Å². The van der Waals surface area contributed by atoms with Crippen LogP contribution in [0.15, 0.2) is 52.4 Å². The minimum Gasteiger partial charge on any atom is -0.493 e. The maximum atomic E-state index is 12.6. The molecule has 1 heterocycles. The van der Waals surface area contributed by atoms with Gasteiger partial charge in [-0.15, -0.1) is 0 Å². The van der Waals surface area contributed by atoms with Gasteiger partial charge in [-0.1, -0.05) is 42.1 Å². The average molecular weight is 456 g/mol. The Kier molecular flexibility index (Phi) is 7.77. The first-order valence-corrected chi connectivity index (χ1v) is 10.8. The lowest BCUT2D eigenvalue weighted by atomic mass is 10.1. The molecule has 0 spiro atoms. The van der Waals surface area contributed by atoms with Crippen LogP contribution in [0.5, 0.6) is 17.2 Å². The Morgan fingerprint density at radius 2 is 1.72 bits per heavy atom. The smallest absolute Gasteiger partial charge is 0.255 e. The van der Waals surface area contributed by atoms with E-state index in [1.54, 1.807) is 19.1 Å². The number of methoxy groups -OCH3 is 3. The molecule has 0 aliphatic heterocycles. The number of hydrogen-bond acceptors (Lipinski definition) is 7. The van der Waals surface area contributed by atoms with Crippen LogP contribution in [0.3, 0.4) is 0 Å². The lowest BCUT2D eigenvalue weighted by Crippen LogP contribution is -2.23. The van der Waals surface area contributed by atoms with E-state index >= 15 is 0 Å². The summed E-state index contributed by atoms with van der Waals surface area (Å²) in [6.45, 7) is 1.73. The third-order valence-electron chi connectivity index (χ3n) is 4.70. The van der Waals surface area contributed by atoms with Crippen LogP contribution < -0.4 is 25.1 Å². The molecule has 0 saturated carbocycles. The summed E-state index contributed by atoms with van der Waals surface area (Å²) in [5.74, 6) is 1.58. The number of hydrogen-bond donors (Lipinski definition) is 2. The monoisotopic (exact) mass is 455 g/mol. The zero-order valence-electron chi connectivity index (χ0n) is 18.4. The van der Waals surface area contributed by atoms with Gasteiger partial charge in [-0.25, -0.2) is 4.98 Å². The number of nitrogens with zero attached hydrogens (tertiary/aromatic N) is 1. The van der Waals surface area contributed by atoms with Crippen molar-refractivity contribution in [3.63, 3.8) is 0 Å². The molecule has 32 heavy (non-hydrogen) atoms. The third kappa shape index (κ3) is 5.61. The highest BCUT2D eigenvalue weighted by molar-refractivity contribution is 7.98. The Morgan fingerprint density at radius 1 is 1.06 bits per heavy atom. The molecule has 0 radical (unpaired) electrons. The summed E-state index contributed by atoms with van der Waals surface area (Å²) < 4.78 is 15.9. The van der Waals surface area contributed by atoms with E-state index in [0.29, 0.717) is 45.1 Å². The van der Waals surface area contributed by atoms with Gasteiger partial charge in [0.15, 0.2) is 16.7 Å². The van der Waals surface area contributed by atoms with Gasteiger partial charge in [-0.2, -0.15) is 0 Å². The molecule has 3 aromatic rings. The molecule has 0 aliphatic rings. The Bertz CT molecular complexity index is 1120. The molecule has 0 bridgehead atoms. The summed E-state index contributed by atoms with van der Waals surface area (Å²) in [5, 5.41) is 3.29. The van der Waals surface area contributed by atoms with E-state index in [1.807, 2.05) is 30.3 Å². The molecule has 2 N–H and O–H groups in total. The van der Waals surface area contributed by atoms with Crippen molar-refractivity contribution in [2.45, 2.75) is 24.3 Å². The van der Waals surface area contributed by atoms with Gasteiger partial charge in [0.25, 0.3) is 5.56 Å². The van der Waals surface area contributed by atoms with Gasteiger partial charge in [0.05, 0.1) is 27.8 Å². The number of aromatic nitrogens is 2. The SMILES string of the molecule is COc1cc(NC(=O)Cc2c(C)nc(SCc3ccccc3)[nH]c2=O)cc(OC)c1OC. The number of amides is 1. The summed E-state index contributed by atoms with van der Waals surface area (Å²) in [7, 11) is 4.49. The van der Waals surface area contributed by atoms with Gasteiger partial charge in [-0.3, -0.25) is 9.59 Å². The first-order valence-electron chi connectivity index (χ1n) is 9.81. The third-order valence-corrected chi connectivity index (χ3v) is 5.65. The van der Waals surface area contributed by atoms with Crippen LogP contribution in [0.1, 0.15) is 16.8 Å². The number of thioether (sulfide) groups is 1. The van der Waals surface area contributed by atoms with Gasteiger partial charge in [0, 0.05) is 34.8 Å². The van der Waals surface area contributed by atoms with Crippen molar-refractivity contribution in [2.24, 2.45) is 0 Å². The number of carbonyl (C=O) groups excluding carboxylic acids is 1. The van der Waals surface area contributed by atoms with Gasteiger partial charge in [-0.05, 0) is 12.5 Å². The summed E-state index contributed by atoms with van der Waals surface area (Å²) in [5.41, 5.74) is 2.10. The van der Waals surface area contributed by atoms with E-state index in [-0.39, 0.29) is 17.9 Å².